The van der Waals surface area contributed by atoms with E-state index in [1.54, 1.807) is 0 Å². The third-order valence-electron chi connectivity index (χ3n) is 12.0. The van der Waals surface area contributed by atoms with Crippen molar-refractivity contribution in [2.45, 2.75) is 103 Å². The van der Waals surface area contributed by atoms with E-state index in [0.29, 0.717) is 35.7 Å². The quantitative estimate of drug-likeness (QED) is 0.283. The van der Waals surface area contributed by atoms with Gasteiger partial charge in [0.2, 0.25) is 0 Å². The van der Waals surface area contributed by atoms with Gasteiger partial charge in [-0.05, 0) is 126 Å². The molecule has 2 saturated heterocycles. The Kier molecular flexibility index (Phi) is 5.38. The summed E-state index contributed by atoms with van der Waals surface area (Å²) in [4.78, 5) is 0. The average Bonchev–Trinajstić information content (AvgIpc) is 3.27. The maximum Gasteiger partial charge on any atom is 0.490 e. The Labute approximate surface area is 218 Å². The maximum absolute atomic E-state index is 7.00. The van der Waals surface area contributed by atoms with Crippen molar-refractivity contribution in [2.75, 3.05) is 0 Å². The fourth-order valence-corrected chi connectivity index (χ4v) is 9.91. The summed E-state index contributed by atoms with van der Waals surface area (Å²) in [7, 11) is -0.223. The summed E-state index contributed by atoms with van der Waals surface area (Å²) in [6.07, 6.45) is 25.4. The van der Waals surface area contributed by atoms with E-state index in [-0.39, 0.29) is 23.7 Å². The fourth-order valence-electron chi connectivity index (χ4n) is 9.91. The summed E-state index contributed by atoms with van der Waals surface area (Å²) in [5.41, 5.74) is 1.06. The van der Waals surface area contributed by atoms with Crippen molar-refractivity contribution in [1.82, 2.24) is 0 Å². The van der Waals surface area contributed by atoms with Gasteiger partial charge in [-0.25, -0.2) is 0 Å². The molecule has 0 radical (unpaired) electrons. The molecule has 1 saturated carbocycles. The van der Waals surface area contributed by atoms with Crippen LogP contribution in [0.3, 0.4) is 0 Å². The highest BCUT2D eigenvalue weighted by molar-refractivity contribution is 6.54. The zero-order valence-corrected chi connectivity index (χ0v) is 23.0. The molecule has 2 heterocycles. The van der Waals surface area contributed by atoms with Crippen molar-refractivity contribution in [3.05, 3.63) is 47.7 Å². The lowest BCUT2D eigenvalue weighted by molar-refractivity contribution is -0.151. The van der Waals surface area contributed by atoms with Crippen molar-refractivity contribution < 1.29 is 14.0 Å². The van der Waals surface area contributed by atoms with Crippen LogP contribution in [-0.4, -0.2) is 24.4 Å². The molecule has 36 heavy (non-hydrogen) atoms. The maximum atomic E-state index is 7.00. The first-order valence-electron chi connectivity index (χ1n) is 15.0. The van der Waals surface area contributed by atoms with Gasteiger partial charge in [0.15, 0.2) is 0 Å². The minimum Gasteiger partial charge on any atom is -0.494 e. The van der Waals surface area contributed by atoms with E-state index in [1.165, 1.54) is 49.8 Å². The first-order valence-corrected chi connectivity index (χ1v) is 15.0. The summed E-state index contributed by atoms with van der Waals surface area (Å²) in [5, 5.41) is 0. The van der Waals surface area contributed by atoms with Crippen LogP contribution < -0.4 is 0 Å². The Hall–Kier alpha value is -1.26. The lowest BCUT2D eigenvalue weighted by Crippen LogP contribution is -2.58. The second kappa shape index (κ2) is 8.12. The number of fused-ring (bicyclic) bond motifs is 9. The SMILES string of the molecule is CC1CCC=C2OC3CCC(B4OC(C)(C)C(C)(C)O4)=CC3C3(C4CCC=CC4C4C=CCCC43)C21. The monoisotopic (exact) mass is 488 g/mol. The zero-order valence-electron chi connectivity index (χ0n) is 23.0. The van der Waals surface area contributed by atoms with Gasteiger partial charge in [-0.3, -0.25) is 0 Å². The molecule has 5 aliphatic carbocycles. The number of hydrogen-bond donors (Lipinski definition) is 0. The van der Waals surface area contributed by atoms with Gasteiger partial charge in [0.25, 0.3) is 0 Å². The van der Waals surface area contributed by atoms with Crippen molar-refractivity contribution in [1.29, 1.82) is 0 Å². The molecule has 1 spiro atoms. The molecule has 0 N–H and O–H groups in total. The van der Waals surface area contributed by atoms with Crippen LogP contribution in [0, 0.1) is 46.8 Å². The van der Waals surface area contributed by atoms with E-state index in [4.69, 9.17) is 14.0 Å². The lowest BCUT2D eigenvalue weighted by atomic mass is 9.46. The minimum absolute atomic E-state index is 0.223. The van der Waals surface area contributed by atoms with Crippen molar-refractivity contribution in [3.63, 3.8) is 0 Å². The molecule has 0 bridgehead atoms. The molecule has 0 aromatic carbocycles. The molecule has 8 unspecified atom stereocenters. The average molecular weight is 489 g/mol. The fraction of sp³-hybridized carbons (Fsp3) is 0.750. The van der Waals surface area contributed by atoms with Crippen LogP contribution in [0.4, 0.5) is 0 Å². The smallest absolute Gasteiger partial charge is 0.490 e. The molecule has 4 heteroatoms. The molecule has 2 aliphatic heterocycles. The van der Waals surface area contributed by atoms with Crippen LogP contribution in [0.2, 0.25) is 0 Å². The third kappa shape index (κ3) is 3.13. The van der Waals surface area contributed by atoms with E-state index in [0.717, 1.165) is 24.7 Å². The predicted molar refractivity (Wildman–Crippen MR) is 145 cm³/mol. The van der Waals surface area contributed by atoms with Gasteiger partial charge in [0, 0.05) is 11.8 Å². The number of rotatable bonds is 1. The Morgan fingerprint density at radius 1 is 0.833 bits per heavy atom. The van der Waals surface area contributed by atoms with Gasteiger partial charge in [0.1, 0.15) is 6.10 Å². The molecule has 0 aromatic heterocycles. The van der Waals surface area contributed by atoms with Crippen LogP contribution in [-0.2, 0) is 14.0 Å². The molecule has 0 amide bonds. The summed E-state index contributed by atoms with van der Waals surface area (Å²) in [6.45, 7) is 11.3. The van der Waals surface area contributed by atoms with Gasteiger partial charge in [0.05, 0.1) is 17.0 Å². The molecule has 7 rings (SSSR count). The van der Waals surface area contributed by atoms with Crippen molar-refractivity contribution in [3.8, 4) is 0 Å². The standard InChI is InChI=1S/C32H45BO3/c1-20-11-10-16-28-29(20)32(24-14-8-6-12-22(24)23-13-7-9-15-25(23)32)26-19-21(17-18-27(26)34-28)33-35-30(2,3)31(4,5)36-33/h6-7,12-13,16,19-20,22-27,29H,8-11,14-15,17-18H2,1-5H3. The second-order valence-electron chi connectivity index (χ2n) is 14.1. The van der Waals surface area contributed by atoms with Crippen molar-refractivity contribution in [2.24, 2.45) is 46.8 Å². The van der Waals surface area contributed by atoms with E-state index < -0.39 is 0 Å². The van der Waals surface area contributed by atoms with E-state index in [9.17, 15) is 0 Å². The molecule has 194 valence electrons. The van der Waals surface area contributed by atoms with E-state index >= 15 is 0 Å². The molecule has 8 atom stereocenters. The Morgan fingerprint density at radius 3 is 2.11 bits per heavy atom. The Balaban J connectivity index is 1.38. The van der Waals surface area contributed by atoms with Crippen molar-refractivity contribution >= 4 is 7.12 Å². The van der Waals surface area contributed by atoms with Crippen LogP contribution in [0.15, 0.2) is 47.7 Å². The van der Waals surface area contributed by atoms with Gasteiger partial charge >= 0.3 is 7.12 Å². The van der Waals surface area contributed by atoms with Gasteiger partial charge in [-0.1, -0.05) is 37.3 Å². The molecule has 3 fully saturated rings. The first kappa shape index (κ1) is 23.8. The molecular weight excluding hydrogens is 443 g/mol. The largest absolute Gasteiger partial charge is 0.494 e. The molecular formula is C32H45BO3. The Morgan fingerprint density at radius 2 is 1.47 bits per heavy atom. The Bertz CT molecular complexity index is 990. The van der Waals surface area contributed by atoms with Crippen LogP contribution in [0.25, 0.3) is 0 Å². The second-order valence-corrected chi connectivity index (χ2v) is 14.1. The normalized spacial score (nSPS) is 47.9. The highest BCUT2D eigenvalue weighted by Crippen LogP contribution is 2.72. The lowest BCUT2D eigenvalue weighted by Gasteiger charge is -2.61. The summed E-state index contributed by atoms with van der Waals surface area (Å²) < 4.78 is 20.2. The minimum atomic E-state index is -0.296. The van der Waals surface area contributed by atoms with Gasteiger partial charge in [-0.2, -0.15) is 0 Å². The predicted octanol–water partition coefficient (Wildman–Crippen LogP) is 7.45. The van der Waals surface area contributed by atoms with E-state index in [2.05, 4.69) is 71.1 Å². The number of ether oxygens (including phenoxy) is 1. The third-order valence-corrected chi connectivity index (χ3v) is 12.0. The summed E-state index contributed by atoms with van der Waals surface area (Å²) in [6, 6.07) is 0. The van der Waals surface area contributed by atoms with Crippen LogP contribution in [0.5, 0.6) is 0 Å². The molecule has 3 nitrogen and oxygen atoms in total. The topological polar surface area (TPSA) is 27.7 Å². The van der Waals surface area contributed by atoms with Gasteiger partial charge in [-0.15, -0.1) is 0 Å². The van der Waals surface area contributed by atoms with Crippen LogP contribution >= 0.6 is 0 Å². The highest BCUT2D eigenvalue weighted by Gasteiger charge is 2.69. The highest BCUT2D eigenvalue weighted by atomic mass is 16.7. The molecule has 0 aromatic rings. The van der Waals surface area contributed by atoms with E-state index in [1.807, 2.05) is 0 Å². The molecule has 7 aliphatic rings. The van der Waals surface area contributed by atoms with Crippen LogP contribution in [0.1, 0.15) is 86.0 Å². The summed E-state index contributed by atoms with van der Waals surface area (Å²) >= 11 is 0. The zero-order chi connectivity index (χ0) is 24.9. The number of allylic oxidation sites excluding steroid dienone is 7. The number of hydrogen-bond acceptors (Lipinski definition) is 3. The first-order chi connectivity index (χ1) is 17.2. The van der Waals surface area contributed by atoms with Gasteiger partial charge < -0.3 is 14.0 Å². The summed E-state index contributed by atoms with van der Waals surface area (Å²) in [5.74, 6) is 5.88.